The van der Waals surface area contributed by atoms with E-state index in [2.05, 4.69) is 27.6 Å². The minimum atomic E-state index is 0.0803. The van der Waals surface area contributed by atoms with Gasteiger partial charge in [0.25, 0.3) is 0 Å². The van der Waals surface area contributed by atoms with Crippen LogP contribution in [0.2, 0.25) is 0 Å². The Labute approximate surface area is 117 Å². The van der Waals surface area contributed by atoms with E-state index in [1.807, 2.05) is 24.3 Å². The van der Waals surface area contributed by atoms with Crippen LogP contribution in [0.25, 0.3) is 0 Å². The van der Waals surface area contributed by atoms with E-state index in [9.17, 15) is 4.79 Å². The van der Waals surface area contributed by atoms with Gasteiger partial charge in [-0.2, -0.15) is 10.2 Å². The van der Waals surface area contributed by atoms with Crippen molar-refractivity contribution in [3.05, 3.63) is 71.6 Å². The summed E-state index contributed by atoms with van der Waals surface area (Å²) in [5, 5.41) is 11.3. The average molecular weight is 265 g/mol. The normalized spacial score (nSPS) is 21.6. The van der Waals surface area contributed by atoms with Crippen LogP contribution in [-0.4, -0.2) is 22.5 Å². The topological polar surface area (TPSA) is 54.9 Å². The lowest BCUT2D eigenvalue weighted by molar-refractivity contribution is -0.104. The van der Waals surface area contributed by atoms with Crippen molar-refractivity contribution >= 4 is 6.29 Å². The van der Waals surface area contributed by atoms with Gasteiger partial charge in [-0.25, -0.2) is 0 Å². The highest BCUT2D eigenvalue weighted by Gasteiger charge is 2.25. The Morgan fingerprint density at radius 2 is 2.10 bits per heavy atom. The summed E-state index contributed by atoms with van der Waals surface area (Å²) in [5.74, 6) is 0. The predicted octanol–water partition coefficient (Wildman–Crippen LogP) is 1.84. The standard InChI is InChI=1S/C16H15N3O/c20-9-3-5-14-10-12-4-1-2-6-15(12)16(19-14)13-7-8-17-18-11-13/h1-9,11,14,16,19H,10H2. The Kier molecular flexibility index (Phi) is 3.65. The fourth-order valence-electron chi connectivity index (χ4n) is 2.65. The van der Waals surface area contributed by atoms with E-state index >= 15 is 0 Å². The van der Waals surface area contributed by atoms with Crippen molar-refractivity contribution in [2.75, 3.05) is 0 Å². The number of carbonyl (C=O) groups excluding carboxylic acids is 1. The Balaban J connectivity index is 1.99. The van der Waals surface area contributed by atoms with Gasteiger partial charge in [-0.3, -0.25) is 10.1 Å². The van der Waals surface area contributed by atoms with Crippen molar-refractivity contribution < 1.29 is 4.79 Å². The number of carbonyl (C=O) groups is 1. The molecule has 1 aromatic carbocycles. The summed E-state index contributed by atoms with van der Waals surface area (Å²) in [6, 6.07) is 10.6. The fraction of sp³-hybridized carbons (Fsp3) is 0.188. The van der Waals surface area contributed by atoms with Crippen molar-refractivity contribution in [3.8, 4) is 0 Å². The van der Waals surface area contributed by atoms with Gasteiger partial charge >= 0.3 is 0 Å². The predicted molar refractivity (Wildman–Crippen MR) is 76.1 cm³/mol. The van der Waals surface area contributed by atoms with Gasteiger partial charge in [-0.1, -0.05) is 30.3 Å². The number of rotatable bonds is 3. The van der Waals surface area contributed by atoms with Crippen LogP contribution in [0.15, 0.2) is 54.9 Å². The zero-order chi connectivity index (χ0) is 13.8. The van der Waals surface area contributed by atoms with E-state index < -0.39 is 0 Å². The van der Waals surface area contributed by atoms with E-state index in [0.29, 0.717) is 0 Å². The zero-order valence-electron chi connectivity index (χ0n) is 10.9. The molecule has 0 amide bonds. The van der Waals surface area contributed by atoms with Crippen molar-refractivity contribution in [3.63, 3.8) is 0 Å². The molecular weight excluding hydrogens is 250 g/mol. The molecule has 4 nitrogen and oxygen atoms in total. The molecule has 1 aliphatic rings. The molecule has 4 heteroatoms. The quantitative estimate of drug-likeness (QED) is 0.679. The highest BCUT2D eigenvalue weighted by molar-refractivity contribution is 5.64. The van der Waals surface area contributed by atoms with Crippen LogP contribution in [0.1, 0.15) is 22.7 Å². The van der Waals surface area contributed by atoms with E-state index in [-0.39, 0.29) is 12.1 Å². The van der Waals surface area contributed by atoms with Gasteiger partial charge in [0.1, 0.15) is 6.29 Å². The molecule has 0 radical (unpaired) electrons. The summed E-state index contributed by atoms with van der Waals surface area (Å²) < 4.78 is 0. The van der Waals surface area contributed by atoms with Gasteiger partial charge < -0.3 is 0 Å². The molecule has 0 fully saturated rings. The Morgan fingerprint density at radius 1 is 1.20 bits per heavy atom. The van der Waals surface area contributed by atoms with Gasteiger partial charge in [0.05, 0.1) is 12.2 Å². The van der Waals surface area contributed by atoms with Crippen LogP contribution in [-0.2, 0) is 11.2 Å². The molecule has 100 valence electrons. The summed E-state index contributed by atoms with van der Waals surface area (Å²) in [5.41, 5.74) is 3.64. The average Bonchev–Trinajstić information content (AvgIpc) is 2.53. The number of fused-ring (bicyclic) bond motifs is 1. The SMILES string of the molecule is O=CC=CC1Cc2ccccc2C(c2ccnnc2)N1. The lowest BCUT2D eigenvalue weighted by atomic mass is 9.87. The van der Waals surface area contributed by atoms with Crippen LogP contribution >= 0.6 is 0 Å². The molecule has 2 heterocycles. The van der Waals surface area contributed by atoms with Crippen molar-refractivity contribution in [1.29, 1.82) is 0 Å². The molecular formula is C16H15N3O. The van der Waals surface area contributed by atoms with Crippen molar-refractivity contribution in [2.24, 2.45) is 0 Å². The fourth-order valence-corrected chi connectivity index (χ4v) is 2.65. The molecule has 20 heavy (non-hydrogen) atoms. The highest BCUT2D eigenvalue weighted by atomic mass is 16.1. The van der Waals surface area contributed by atoms with Crippen LogP contribution < -0.4 is 5.32 Å². The molecule has 0 bridgehead atoms. The smallest absolute Gasteiger partial charge is 0.142 e. The molecule has 2 aromatic rings. The first-order valence-electron chi connectivity index (χ1n) is 6.61. The molecule has 1 aromatic heterocycles. The number of hydrogen-bond donors (Lipinski definition) is 1. The molecule has 2 unspecified atom stereocenters. The summed E-state index contributed by atoms with van der Waals surface area (Å²) in [6.45, 7) is 0. The minimum absolute atomic E-state index is 0.0803. The molecule has 0 saturated heterocycles. The maximum atomic E-state index is 10.5. The maximum absolute atomic E-state index is 10.5. The Bertz CT molecular complexity index is 625. The third-order valence-electron chi connectivity index (χ3n) is 3.55. The number of nitrogens with one attached hydrogen (secondary N) is 1. The van der Waals surface area contributed by atoms with Crippen LogP contribution in [0, 0.1) is 0 Å². The third-order valence-corrected chi connectivity index (χ3v) is 3.55. The van der Waals surface area contributed by atoms with Crippen molar-refractivity contribution in [1.82, 2.24) is 15.5 Å². The number of aromatic nitrogens is 2. The largest absolute Gasteiger partial charge is 0.300 e. The first kappa shape index (κ1) is 12.7. The van der Waals surface area contributed by atoms with Gasteiger partial charge in [-0.05, 0) is 35.3 Å². The number of allylic oxidation sites excluding steroid dienone is 1. The van der Waals surface area contributed by atoms with Crippen LogP contribution in [0.3, 0.4) is 0 Å². The Morgan fingerprint density at radius 3 is 2.90 bits per heavy atom. The second-order valence-corrected chi connectivity index (χ2v) is 4.81. The highest BCUT2D eigenvalue weighted by Crippen LogP contribution is 2.30. The van der Waals surface area contributed by atoms with E-state index in [4.69, 9.17) is 0 Å². The number of aldehydes is 1. The third kappa shape index (κ3) is 2.51. The summed E-state index contributed by atoms with van der Waals surface area (Å²) in [6.07, 6.45) is 8.63. The summed E-state index contributed by atoms with van der Waals surface area (Å²) in [7, 11) is 0. The van der Waals surface area contributed by atoms with Crippen molar-refractivity contribution in [2.45, 2.75) is 18.5 Å². The van der Waals surface area contributed by atoms with Gasteiger partial charge in [0.2, 0.25) is 0 Å². The van der Waals surface area contributed by atoms with Crippen LogP contribution in [0.4, 0.5) is 0 Å². The summed E-state index contributed by atoms with van der Waals surface area (Å²) in [4.78, 5) is 10.5. The lowest BCUT2D eigenvalue weighted by Gasteiger charge is -2.32. The number of benzene rings is 1. The molecule has 3 rings (SSSR count). The van der Waals surface area contributed by atoms with E-state index in [1.54, 1.807) is 18.5 Å². The number of nitrogens with zero attached hydrogens (tertiary/aromatic N) is 2. The molecule has 0 spiro atoms. The molecule has 0 aliphatic carbocycles. The Hall–Kier alpha value is -2.33. The zero-order valence-corrected chi connectivity index (χ0v) is 10.9. The van der Waals surface area contributed by atoms with E-state index in [1.165, 1.54) is 11.1 Å². The molecule has 2 atom stereocenters. The summed E-state index contributed by atoms with van der Waals surface area (Å²) >= 11 is 0. The first-order valence-corrected chi connectivity index (χ1v) is 6.61. The van der Waals surface area contributed by atoms with Gasteiger partial charge in [0.15, 0.2) is 0 Å². The van der Waals surface area contributed by atoms with Gasteiger partial charge in [-0.15, -0.1) is 0 Å². The lowest BCUT2D eigenvalue weighted by Crippen LogP contribution is -2.38. The molecule has 1 N–H and O–H groups in total. The van der Waals surface area contributed by atoms with Crippen LogP contribution in [0.5, 0.6) is 0 Å². The maximum Gasteiger partial charge on any atom is 0.142 e. The second-order valence-electron chi connectivity index (χ2n) is 4.81. The minimum Gasteiger partial charge on any atom is -0.300 e. The molecule has 0 saturated carbocycles. The van der Waals surface area contributed by atoms with E-state index in [0.717, 1.165) is 18.3 Å². The first-order chi connectivity index (χ1) is 9.88. The van der Waals surface area contributed by atoms with Gasteiger partial charge in [0, 0.05) is 12.2 Å². The monoisotopic (exact) mass is 265 g/mol. The number of hydrogen-bond acceptors (Lipinski definition) is 4. The molecule has 1 aliphatic heterocycles. The second kappa shape index (κ2) is 5.75.